The minimum atomic E-state index is -3.20. The zero-order valence-corrected chi connectivity index (χ0v) is 22.5. The zero-order chi connectivity index (χ0) is 25.6. The molecule has 2 N–H and O–H groups in total. The second-order valence-corrected chi connectivity index (χ2v) is 13.6. The van der Waals surface area contributed by atoms with Crippen LogP contribution in [0.25, 0.3) is 11.1 Å². The largest absolute Gasteiger partial charge is 0.331 e. The molecule has 2 aromatic rings. The van der Waals surface area contributed by atoms with Crippen LogP contribution in [0.5, 0.6) is 0 Å². The van der Waals surface area contributed by atoms with Crippen molar-refractivity contribution in [2.75, 3.05) is 25.4 Å². The number of nitrogens with one attached hydrogen (secondary N) is 2. The number of benzene rings is 2. The molecule has 0 radical (unpaired) electrons. The minimum Gasteiger partial charge on any atom is -0.331 e. The standard InChI is InChI=1S/C29H39N3O3S/c1-4-29(20-32-17-15-25(29)16-18-32)31-27(33)30-28(2,3)24-11-7-22(8-12-24)23-9-13-26(14-10-23)36(34,35)19-21-5-6-21/h7-14,21,25H,4-6,15-20H2,1-3H3,(H2,30,31,33). The Bertz CT molecular complexity index is 1200. The van der Waals surface area contributed by atoms with Crippen molar-refractivity contribution in [2.24, 2.45) is 11.8 Å². The molecule has 2 amide bonds. The summed E-state index contributed by atoms with van der Waals surface area (Å²) >= 11 is 0. The molecular formula is C29H39N3O3S. The van der Waals surface area contributed by atoms with Gasteiger partial charge in [-0.3, -0.25) is 0 Å². The van der Waals surface area contributed by atoms with Crippen molar-refractivity contribution in [3.05, 3.63) is 54.1 Å². The quantitative estimate of drug-likeness (QED) is 0.528. The van der Waals surface area contributed by atoms with Crippen LogP contribution in [-0.2, 0) is 15.4 Å². The topological polar surface area (TPSA) is 78.5 Å². The number of fused-ring (bicyclic) bond motifs is 3. The first-order chi connectivity index (χ1) is 17.1. The van der Waals surface area contributed by atoms with Crippen molar-refractivity contribution in [3.8, 4) is 11.1 Å². The van der Waals surface area contributed by atoms with Crippen molar-refractivity contribution in [1.29, 1.82) is 0 Å². The molecule has 1 unspecified atom stereocenters. The number of hydrogen-bond donors (Lipinski definition) is 2. The lowest BCUT2D eigenvalue weighted by molar-refractivity contribution is 0.00985. The van der Waals surface area contributed by atoms with Crippen LogP contribution in [-0.4, -0.2) is 50.3 Å². The van der Waals surface area contributed by atoms with Gasteiger partial charge in [0.1, 0.15) is 0 Å². The number of hydrogen-bond acceptors (Lipinski definition) is 4. The molecule has 1 aliphatic carbocycles. The fraction of sp³-hybridized carbons (Fsp3) is 0.552. The zero-order valence-electron chi connectivity index (χ0n) is 21.7. The average Bonchev–Trinajstić information content (AvgIpc) is 3.68. The van der Waals surface area contributed by atoms with Crippen molar-refractivity contribution >= 4 is 15.9 Å². The van der Waals surface area contributed by atoms with Gasteiger partial charge in [0.25, 0.3) is 0 Å². The van der Waals surface area contributed by atoms with E-state index in [1.807, 2.05) is 50.2 Å². The van der Waals surface area contributed by atoms with Crippen LogP contribution >= 0.6 is 0 Å². The Morgan fingerprint density at radius 3 is 2.06 bits per heavy atom. The molecule has 0 aromatic heterocycles. The molecule has 6 nitrogen and oxygen atoms in total. The third kappa shape index (κ3) is 5.18. The number of piperidine rings is 3. The van der Waals surface area contributed by atoms with Crippen LogP contribution in [0, 0.1) is 11.8 Å². The monoisotopic (exact) mass is 509 g/mol. The molecule has 2 aromatic carbocycles. The minimum absolute atomic E-state index is 0.109. The average molecular weight is 510 g/mol. The van der Waals surface area contributed by atoms with Crippen LogP contribution in [0.3, 0.4) is 0 Å². The van der Waals surface area contributed by atoms with Gasteiger partial charge < -0.3 is 15.5 Å². The first-order valence-electron chi connectivity index (χ1n) is 13.4. The van der Waals surface area contributed by atoms with Gasteiger partial charge >= 0.3 is 6.03 Å². The normalized spacial score (nSPS) is 26.0. The van der Waals surface area contributed by atoms with Crippen LogP contribution in [0.2, 0.25) is 0 Å². The van der Waals surface area contributed by atoms with Gasteiger partial charge in [0.15, 0.2) is 9.84 Å². The van der Waals surface area contributed by atoms with Crippen LogP contribution in [0.4, 0.5) is 4.79 Å². The number of carbonyl (C=O) groups is 1. The van der Waals surface area contributed by atoms with Gasteiger partial charge in [-0.2, -0.15) is 0 Å². The Hall–Kier alpha value is -2.38. The summed E-state index contributed by atoms with van der Waals surface area (Å²) in [6.45, 7) is 9.46. The maximum absolute atomic E-state index is 13.1. The maximum atomic E-state index is 13.1. The Morgan fingerprint density at radius 1 is 0.972 bits per heavy atom. The first-order valence-corrected chi connectivity index (χ1v) is 15.0. The summed E-state index contributed by atoms with van der Waals surface area (Å²) < 4.78 is 25.1. The van der Waals surface area contributed by atoms with Crippen LogP contribution in [0.15, 0.2) is 53.4 Å². The van der Waals surface area contributed by atoms with E-state index in [1.54, 1.807) is 12.1 Å². The molecule has 3 heterocycles. The van der Waals surface area contributed by atoms with Crippen LogP contribution in [0.1, 0.15) is 58.4 Å². The Labute approximate surface area is 215 Å². The Balaban J connectivity index is 1.24. The second-order valence-electron chi connectivity index (χ2n) is 11.6. The van der Waals surface area contributed by atoms with Gasteiger partial charge in [-0.05, 0) is 99.7 Å². The highest BCUT2D eigenvalue weighted by atomic mass is 32.2. The summed E-state index contributed by atoms with van der Waals surface area (Å²) in [5.41, 5.74) is 2.33. The molecule has 1 saturated carbocycles. The molecule has 0 spiro atoms. The van der Waals surface area contributed by atoms with Crippen molar-refractivity contribution in [3.63, 3.8) is 0 Å². The number of nitrogens with zero attached hydrogens (tertiary/aromatic N) is 1. The highest BCUT2D eigenvalue weighted by molar-refractivity contribution is 7.91. The summed E-state index contributed by atoms with van der Waals surface area (Å²) in [4.78, 5) is 16.0. The van der Waals surface area contributed by atoms with E-state index < -0.39 is 15.4 Å². The molecule has 3 aliphatic heterocycles. The highest BCUT2D eigenvalue weighted by Gasteiger charge is 2.46. The lowest BCUT2D eigenvalue weighted by atomic mass is 9.71. The first kappa shape index (κ1) is 25.3. The Kier molecular flexibility index (Phi) is 6.66. The lowest BCUT2D eigenvalue weighted by Gasteiger charge is -2.53. The van der Waals surface area contributed by atoms with E-state index >= 15 is 0 Å². The fourth-order valence-electron chi connectivity index (χ4n) is 6.04. The predicted octanol–water partition coefficient (Wildman–Crippen LogP) is 4.95. The van der Waals surface area contributed by atoms with E-state index in [1.165, 1.54) is 0 Å². The molecule has 6 rings (SSSR count). The molecule has 2 bridgehead atoms. The van der Waals surface area contributed by atoms with Crippen molar-refractivity contribution < 1.29 is 13.2 Å². The van der Waals surface area contributed by atoms with E-state index in [4.69, 9.17) is 0 Å². The molecule has 7 heteroatoms. The predicted molar refractivity (Wildman–Crippen MR) is 144 cm³/mol. The van der Waals surface area contributed by atoms with Gasteiger partial charge in [-0.1, -0.05) is 43.3 Å². The molecule has 4 aliphatic rings. The highest BCUT2D eigenvalue weighted by Crippen LogP contribution is 2.38. The fourth-order valence-corrected chi connectivity index (χ4v) is 7.74. The van der Waals surface area contributed by atoms with E-state index in [2.05, 4.69) is 22.5 Å². The summed E-state index contributed by atoms with van der Waals surface area (Å²) in [7, 11) is -3.20. The lowest BCUT2D eigenvalue weighted by Crippen LogP contribution is -2.68. The van der Waals surface area contributed by atoms with E-state index in [9.17, 15) is 13.2 Å². The van der Waals surface area contributed by atoms with Crippen LogP contribution < -0.4 is 10.6 Å². The molecule has 3 saturated heterocycles. The van der Waals surface area contributed by atoms with Gasteiger partial charge in [0, 0.05) is 6.54 Å². The SMILES string of the molecule is CCC1(NC(=O)NC(C)(C)c2ccc(-c3ccc(S(=O)(=O)CC4CC4)cc3)cc2)CN2CCC1CC2. The van der Waals surface area contributed by atoms with Gasteiger partial charge in [0.05, 0.1) is 21.7 Å². The number of urea groups is 1. The van der Waals surface area contributed by atoms with E-state index in [-0.39, 0.29) is 17.3 Å². The third-order valence-electron chi connectivity index (χ3n) is 8.60. The summed E-state index contributed by atoms with van der Waals surface area (Å²) in [5, 5.41) is 6.58. The second kappa shape index (κ2) is 9.49. The van der Waals surface area contributed by atoms with Crippen molar-refractivity contribution in [2.45, 2.75) is 68.8 Å². The molecule has 4 fully saturated rings. The molecule has 194 valence electrons. The summed E-state index contributed by atoms with van der Waals surface area (Å²) in [6, 6.07) is 15.2. The van der Waals surface area contributed by atoms with Gasteiger partial charge in [-0.25, -0.2) is 13.2 Å². The summed E-state index contributed by atoms with van der Waals surface area (Å²) in [6.07, 6.45) is 5.31. The number of amides is 2. The maximum Gasteiger partial charge on any atom is 0.315 e. The van der Waals surface area contributed by atoms with Gasteiger partial charge in [-0.15, -0.1) is 0 Å². The smallest absolute Gasteiger partial charge is 0.315 e. The van der Waals surface area contributed by atoms with Gasteiger partial charge in [0.2, 0.25) is 0 Å². The Morgan fingerprint density at radius 2 is 1.56 bits per heavy atom. The summed E-state index contributed by atoms with van der Waals surface area (Å²) in [5.74, 6) is 1.15. The molecule has 1 atom stereocenters. The number of sulfone groups is 1. The van der Waals surface area contributed by atoms with E-state index in [0.717, 1.165) is 68.4 Å². The number of rotatable bonds is 8. The molecular weight excluding hydrogens is 470 g/mol. The number of carbonyl (C=O) groups excluding carboxylic acids is 1. The molecule has 36 heavy (non-hydrogen) atoms. The third-order valence-corrected chi connectivity index (χ3v) is 10.5. The van der Waals surface area contributed by atoms with E-state index in [0.29, 0.717) is 16.7 Å². The van der Waals surface area contributed by atoms with Crippen molar-refractivity contribution in [1.82, 2.24) is 15.5 Å².